The van der Waals surface area contributed by atoms with Gasteiger partial charge in [-0.2, -0.15) is 0 Å². The van der Waals surface area contributed by atoms with Crippen molar-refractivity contribution in [2.45, 2.75) is 26.3 Å². The zero-order valence-electron chi connectivity index (χ0n) is 10.7. The second kappa shape index (κ2) is 5.54. The molecule has 4 N–H and O–H groups in total. The van der Waals surface area contributed by atoms with Gasteiger partial charge in [-0.3, -0.25) is 0 Å². The van der Waals surface area contributed by atoms with Crippen LogP contribution in [0.3, 0.4) is 0 Å². The van der Waals surface area contributed by atoms with Crippen molar-refractivity contribution < 1.29 is 5.11 Å². The first kappa shape index (κ1) is 13.1. The Morgan fingerprint density at radius 2 is 2.22 bits per heavy atom. The van der Waals surface area contributed by atoms with E-state index >= 15 is 0 Å². The van der Waals surface area contributed by atoms with E-state index in [0.29, 0.717) is 18.0 Å². The minimum absolute atomic E-state index is 0.175. The van der Waals surface area contributed by atoms with Crippen LogP contribution in [0.1, 0.15) is 20.3 Å². The minimum Gasteiger partial charge on any atom is -0.396 e. The molecule has 5 heteroatoms. The average molecular weight is 265 g/mol. The van der Waals surface area contributed by atoms with Crippen LogP contribution in [0.15, 0.2) is 17.6 Å². The molecule has 0 aliphatic carbocycles. The molecule has 1 aromatic heterocycles. The van der Waals surface area contributed by atoms with E-state index in [0.717, 1.165) is 15.9 Å². The van der Waals surface area contributed by atoms with Crippen LogP contribution < -0.4 is 11.1 Å². The van der Waals surface area contributed by atoms with Gasteiger partial charge in [-0.15, -0.1) is 11.3 Å². The van der Waals surface area contributed by atoms with Crippen molar-refractivity contribution in [2.75, 3.05) is 17.7 Å². The number of nitrogens with zero attached hydrogens (tertiary/aromatic N) is 1. The number of benzene rings is 1. The Bertz CT molecular complexity index is 524. The summed E-state index contributed by atoms with van der Waals surface area (Å²) in [6.45, 7) is 4.43. The lowest BCUT2D eigenvalue weighted by molar-refractivity contribution is 0.267. The van der Waals surface area contributed by atoms with Gasteiger partial charge in [0.25, 0.3) is 0 Å². The smallest absolute Gasteiger partial charge is 0.106 e. The number of hydrogen-bond acceptors (Lipinski definition) is 5. The summed E-state index contributed by atoms with van der Waals surface area (Å²) < 4.78 is 1.10. The van der Waals surface area contributed by atoms with Crippen molar-refractivity contribution in [2.24, 2.45) is 5.92 Å². The highest BCUT2D eigenvalue weighted by Crippen LogP contribution is 2.31. The van der Waals surface area contributed by atoms with Gasteiger partial charge in [-0.1, -0.05) is 13.8 Å². The van der Waals surface area contributed by atoms with Gasteiger partial charge in [0.2, 0.25) is 0 Å². The zero-order valence-corrected chi connectivity index (χ0v) is 11.5. The predicted octanol–water partition coefficient (Wildman–Crippen LogP) is 2.70. The fourth-order valence-corrected chi connectivity index (χ4v) is 2.68. The molecule has 2 aromatic rings. The molecular formula is C13H19N3OS. The number of aliphatic hydroxyl groups excluding tert-OH is 1. The number of thiazole rings is 1. The molecule has 0 aliphatic rings. The SMILES string of the molecule is CC(C)C(CCO)Nc1ccc2scnc2c1N. The standard InChI is InChI=1S/C13H19N3OS/c1-8(2)9(5-6-17)16-10-3-4-11-13(12(10)14)15-7-18-11/h3-4,7-9,16-17H,5-6,14H2,1-2H3. The molecule has 0 aliphatic heterocycles. The first-order valence-corrected chi connectivity index (χ1v) is 7.00. The number of aromatic nitrogens is 1. The summed E-state index contributed by atoms with van der Waals surface area (Å²) >= 11 is 1.59. The van der Waals surface area contributed by atoms with E-state index in [-0.39, 0.29) is 12.6 Å². The summed E-state index contributed by atoms with van der Waals surface area (Å²) in [7, 11) is 0. The average Bonchev–Trinajstić information content (AvgIpc) is 2.80. The first-order valence-electron chi connectivity index (χ1n) is 6.12. The summed E-state index contributed by atoms with van der Waals surface area (Å²) in [6, 6.07) is 4.23. The summed E-state index contributed by atoms with van der Waals surface area (Å²) in [5.74, 6) is 0.433. The Balaban J connectivity index is 2.27. The Labute approximate surface area is 111 Å². The number of fused-ring (bicyclic) bond motifs is 1. The van der Waals surface area contributed by atoms with Crippen molar-refractivity contribution >= 4 is 32.9 Å². The van der Waals surface area contributed by atoms with Crippen LogP contribution in [0, 0.1) is 5.92 Å². The van der Waals surface area contributed by atoms with Crippen LogP contribution in [0.4, 0.5) is 11.4 Å². The maximum absolute atomic E-state index is 9.09. The fraction of sp³-hybridized carbons (Fsp3) is 0.462. The second-order valence-corrected chi connectivity index (χ2v) is 5.62. The Kier molecular flexibility index (Phi) is 4.04. The molecule has 0 fully saturated rings. The molecule has 98 valence electrons. The van der Waals surface area contributed by atoms with Crippen LogP contribution in [-0.2, 0) is 0 Å². The van der Waals surface area contributed by atoms with Crippen LogP contribution in [0.5, 0.6) is 0 Å². The Hall–Kier alpha value is -1.33. The molecule has 0 saturated heterocycles. The van der Waals surface area contributed by atoms with Gasteiger partial charge in [0, 0.05) is 12.6 Å². The van der Waals surface area contributed by atoms with E-state index in [1.165, 1.54) is 0 Å². The predicted molar refractivity (Wildman–Crippen MR) is 78.0 cm³/mol. The number of hydrogen-bond donors (Lipinski definition) is 3. The Morgan fingerprint density at radius 1 is 1.44 bits per heavy atom. The molecule has 4 nitrogen and oxygen atoms in total. The van der Waals surface area contributed by atoms with Crippen LogP contribution in [0.2, 0.25) is 0 Å². The molecule has 1 heterocycles. The van der Waals surface area contributed by atoms with Crippen LogP contribution >= 0.6 is 11.3 Å². The van der Waals surface area contributed by atoms with Gasteiger partial charge in [0.15, 0.2) is 0 Å². The third-order valence-electron chi connectivity index (χ3n) is 3.13. The van der Waals surface area contributed by atoms with Crippen LogP contribution in [-0.4, -0.2) is 22.7 Å². The highest BCUT2D eigenvalue weighted by molar-refractivity contribution is 7.16. The lowest BCUT2D eigenvalue weighted by Gasteiger charge is -2.23. The normalized spacial score (nSPS) is 13.1. The molecule has 0 radical (unpaired) electrons. The number of aliphatic hydroxyl groups is 1. The van der Waals surface area contributed by atoms with Gasteiger partial charge in [-0.05, 0) is 24.5 Å². The number of nitrogen functional groups attached to an aromatic ring is 1. The van der Waals surface area contributed by atoms with E-state index in [1.807, 2.05) is 12.1 Å². The van der Waals surface area contributed by atoms with Crippen molar-refractivity contribution in [3.05, 3.63) is 17.6 Å². The van der Waals surface area contributed by atoms with E-state index < -0.39 is 0 Å². The van der Waals surface area contributed by atoms with E-state index in [9.17, 15) is 0 Å². The number of nitrogens with one attached hydrogen (secondary N) is 1. The molecule has 2 rings (SSSR count). The molecule has 0 saturated carbocycles. The fourth-order valence-electron chi connectivity index (χ4n) is 1.99. The minimum atomic E-state index is 0.175. The zero-order chi connectivity index (χ0) is 13.1. The van der Waals surface area contributed by atoms with Crippen molar-refractivity contribution in [1.82, 2.24) is 4.98 Å². The maximum atomic E-state index is 9.09. The third kappa shape index (κ3) is 2.57. The molecule has 0 bridgehead atoms. The summed E-state index contributed by atoms with van der Waals surface area (Å²) in [5.41, 5.74) is 10.4. The topological polar surface area (TPSA) is 71.2 Å². The number of nitrogens with two attached hydrogens (primary N) is 1. The number of rotatable bonds is 5. The van der Waals surface area contributed by atoms with E-state index in [2.05, 4.69) is 24.1 Å². The number of anilines is 2. The largest absolute Gasteiger partial charge is 0.396 e. The van der Waals surface area contributed by atoms with Gasteiger partial charge in [0.05, 0.1) is 21.6 Å². The van der Waals surface area contributed by atoms with E-state index in [4.69, 9.17) is 10.8 Å². The molecule has 0 amide bonds. The first-order chi connectivity index (χ1) is 8.63. The highest BCUT2D eigenvalue weighted by Gasteiger charge is 2.15. The van der Waals surface area contributed by atoms with Gasteiger partial charge < -0.3 is 16.2 Å². The van der Waals surface area contributed by atoms with Gasteiger partial charge in [0.1, 0.15) is 5.52 Å². The van der Waals surface area contributed by atoms with Crippen LogP contribution in [0.25, 0.3) is 10.2 Å². The molecule has 1 unspecified atom stereocenters. The third-order valence-corrected chi connectivity index (χ3v) is 3.92. The Morgan fingerprint density at radius 3 is 2.89 bits per heavy atom. The van der Waals surface area contributed by atoms with E-state index in [1.54, 1.807) is 16.8 Å². The summed E-state index contributed by atoms with van der Waals surface area (Å²) in [5, 5.41) is 12.5. The lowest BCUT2D eigenvalue weighted by Crippen LogP contribution is -2.27. The van der Waals surface area contributed by atoms with Crippen molar-refractivity contribution in [3.63, 3.8) is 0 Å². The molecule has 1 atom stereocenters. The molecule has 1 aromatic carbocycles. The van der Waals surface area contributed by atoms with Crippen molar-refractivity contribution in [3.8, 4) is 0 Å². The van der Waals surface area contributed by atoms with Gasteiger partial charge in [-0.25, -0.2) is 4.98 Å². The van der Waals surface area contributed by atoms with Crippen molar-refractivity contribution in [1.29, 1.82) is 0 Å². The molecular weight excluding hydrogens is 246 g/mol. The quantitative estimate of drug-likeness (QED) is 0.727. The maximum Gasteiger partial charge on any atom is 0.106 e. The summed E-state index contributed by atoms with van der Waals surface area (Å²) in [6.07, 6.45) is 0.714. The highest BCUT2D eigenvalue weighted by atomic mass is 32.1. The molecule has 18 heavy (non-hydrogen) atoms. The monoisotopic (exact) mass is 265 g/mol. The lowest BCUT2D eigenvalue weighted by atomic mass is 10.0. The second-order valence-electron chi connectivity index (χ2n) is 4.73. The molecule has 0 spiro atoms. The van der Waals surface area contributed by atoms with Gasteiger partial charge >= 0.3 is 0 Å². The summed E-state index contributed by atoms with van der Waals surface area (Å²) in [4.78, 5) is 4.28.